The Morgan fingerprint density at radius 1 is 1.11 bits per heavy atom. The lowest BCUT2D eigenvalue weighted by Gasteiger charge is -2.05. The number of nitrogens with zero attached hydrogens (tertiary/aromatic N) is 2. The molecule has 0 aliphatic heterocycles. The highest BCUT2D eigenvalue weighted by Gasteiger charge is 2.13. The summed E-state index contributed by atoms with van der Waals surface area (Å²) in [7, 11) is 1.36. The van der Waals surface area contributed by atoms with Gasteiger partial charge in [-0.1, -0.05) is 17.4 Å². The number of rotatable bonds is 5. The summed E-state index contributed by atoms with van der Waals surface area (Å²) >= 11 is 3.14. The summed E-state index contributed by atoms with van der Waals surface area (Å²) in [6, 6.07) is 11.0. The van der Waals surface area contributed by atoms with Crippen molar-refractivity contribution in [3.05, 3.63) is 63.5 Å². The molecule has 3 rings (SSSR count). The molecule has 5 nitrogen and oxygen atoms in total. The Balaban J connectivity index is 2.11. The van der Waals surface area contributed by atoms with E-state index in [9.17, 15) is 9.59 Å². The van der Waals surface area contributed by atoms with E-state index in [2.05, 4.69) is 4.99 Å². The summed E-state index contributed by atoms with van der Waals surface area (Å²) in [6.45, 7) is 4.73. The van der Waals surface area contributed by atoms with Gasteiger partial charge in [-0.2, -0.15) is 16.8 Å². The molecule has 1 aromatic heterocycles. The lowest BCUT2D eigenvalue weighted by molar-refractivity contribution is 0.0601. The number of hydrogen-bond acceptors (Lipinski definition) is 5. The van der Waals surface area contributed by atoms with Crippen LogP contribution >= 0.6 is 23.1 Å². The number of thioether (sulfide) groups is 1. The first-order valence-electron chi connectivity index (χ1n) is 8.81. The zero-order chi connectivity index (χ0) is 20.3. The second-order valence-corrected chi connectivity index (χ2v) is 8.41. The van der Waals surface area contributed by atoms with E-state index in [1.807, 2.05) is 48.9 Å². The van der Waals surface area contributed by atoms with Crippen molar-refractivity contribution in [1.82, 2.24) is 4.57 Å². The maximum Gasteiger partial charge on any atom is 0.337 e. The molecular formula is C21H22N2O3S2. The van der Waals surface area contributed by atoms with Gasteiger partial charge in [0, 0.05) is 17.9 Å². The first kappa shape index (κ1) is 20.4. The van der Waals surface area contributed by atoms with E-state index in [0.29, 0.717) is 15.9 Å². The molecule has 7 heteroatoms. The van der Waals surface area contributed by atoms with E-state index in [1.165, 1.54) is 18.4 Å². The van der Waals surface area contributed by atoms with Crippen LogP contribution in [-0.2, 0) is 11.3 Å². The Hall–Kier alpha value is -2.38. The monoisotopic (exact) mass is 414 g/mol. The molecule has 0 atom stereocenters. The highest BCUT2D eigenvalue weighted by atomic mass is 32.2. The van der Waals surface area contributed by atoms with Crippen molar-refractivity contribution in [3.63, 3.8) is 0 Å². The molecule has 1 heterocycles. The summed E-state index contributed by atoms with van der Waals surface area (Å²) in [5, 5.41) is 0. The third-order valence-electron chi connectivity index (χ3n) is 4.57. The maximum atomic E-state index is 12.7. The molecule has 28 heavy (non-hydrogen) atoms. The fourth-order valence-corrected chi connectivity index (χ4v) is 4.29. The summed E-state index contributed by atoms with van der Waals surface area (Å²) in [4.78, 5) is 29.6. The van der Waals surface area contributed by atoms with Crippen LogP contribution in [0.1, 0.15) is 31.8 Å². The lowest BCUT2D eigenvalue weighted by Crippen LogP contribution is -2.18. The molecule has 3 aromatic rings. The molecule has 0 aliphatic rings. The summed E-state index contributed by atoms with van der Waals surface area (Å²) in [5.41, 5.74) is 4.23. The van der Waals surface area contributed by atoms with Gasteiger partial charge in [0.15, 0.2) is 4.80 Å². The number of amides is 1. The van der Waals surface area contributed by atoms with E-state index in [-0.39, 0.29) is 11.9 Å². The highest BCUT2D eigenvalue weighted by Crippen LogP contribution is 2.20. The largest absolute Gasteiger partial charge is 0.465 e. The van der Waals surface area contributed by atoms with Crippen LogP contribution in [0.5, 0.6) is 0 Å². The number of esters is 1. The number of hydrogen-bond donors (Lipinski definition) is 0. The predicted octanol–water partition coefficient (Wildman–Crippen LogP) is 4.21. The molecule has 0 bridgehead atoms. The number of aromatic nitrogens is 1. The van der Waals surface area contributed by atoms with E-state index in [1.54, 1.807) is 23.9 Å². The van der Waals surface area contributed by atoms with Crippen molar-refractivity contribution >= 4 is 45.2 Å². The number of thiazole rings is 1. The van der Waals surface area contributed by atoms with Crippen LogP contribution in [0, 0.1) is 13.8 Å². The Kier molecular flexibility index (Phi) is 6.36. The van der Waals surface area contributed by atoms with Crippen LogP contribution in [0.15, 0.2) is 41.4 Å². The SMILES string of the molecule is COC(=O)c1ccc2c(c1)sc(=NC(=O)c1ccc(C)c(C)c1)n2CCSC. The van der Waals surface area contributed by atoms with Crippen molar-refractivity contribution in [2.24, 2.45) is 4.99 Å². The van der Waals surface area contributed by atoms with Gasteiger partial charge in [0.2, 0.25) is 0 Å². The molecule has 0 saturated carbocycles. The Labute approximate surface area is 172 Å². The molecule has 2 aromatic carbocycles. The van der Waals surface area contributed by atoms with Crippen LogP contribution in [0.3, 0.4) is 0 Å². The zero-order valence-electron chi connectivity index (χ0n) is 16.3. The van der Waals surface area contributed by atoms with Crippen LogP contribution in [0.4, 0.5) is 0 Å². The number of ether oxygens (including phenoxy) is 1. The molecule has 0 fully saturated rings. The van der Waals surface area contributed by atoms with Crippen LogP contribution in [0.25, 0.3) is 10.2 Å². The van der Waals surface area contributed by atoms with Gasteiger partial charge in [0.25, 0.3) is 5.91 Å². The fraction of sp³-hybridized carbons (Fsp3) is 0.286. The minimum Gasteiger partial charge on any atom is -0.465 e. The average Bonchev–Trinajstić information content (AvgIpc) is 3.03. The van der Waals surface area contributed by atoms with Gasteiger partial charge in [-0.25, -0.2) is 4.79 Å². The number of aryl methyl sites for hydroxylation is 3. The van der Waals surface area contributed by atoms with Crippen LogP contribution in [-0.4, -0.2) is 35.6 Å². The van der Waals surface area contributed by atoms with E-state index < -0.39 is 0 Å². The Morgan fingerprint density at radius 2 is 1.86 bits per heavy atom. The molecule has 0 saturated heterocycles. The second kappa shape index (κ2) is 8.75. The lowest BCUT2D eigenvalue weighted by atomic mass is 10.1. The first-order valence-corrected chi connectivity index (χ1v) is 11.0. The molecule has 1 amide bonds. The van der Waals surface area contributed by atoms with Crippen molar-refractivity contribution in [1.29, 1.82) is 0 Å². The minimum atomic E-state index is -0.379. The molecule has 0 N–H and O–H groups in total. The van der Waals surface area contributed by atoms with Crippen LogP contribution < -0.4 is 4.80 Å². The first-order chi connectivity index (χ1) is 13.4. The van der Waals surface area contributed by atoms with Gasteiger partial charge in [0.1, 0.15) is 0 Å². The fourth-order valence-electron chi connectivity index (χ4n) is 2.83. The van der Waals surface area contributed by atoms with Crippen molar-refractivity contribution in [3.8, 4) is 0 Å². The minimum absolute atomic E-state index is 0.263. The number of methoxy groups -OCH3 is 1. The summed E-state index contributed by atoms with van der Waals surface area (Å²) < 4.78 is 7.75. The molecule has 146 valence electrons. The van der Waals surface area contributed by atoms with Crippen molar-refractivity contribution in [2.75, 3.05) is 19.1 Å². The number of carbonyl (C=O) groups excluding carboxylic acids is 2. The maximum absolute atomic E-state index is 12.7. The Morgan fingerprint density at radius 3 is 2.54 bits per heavy atom. The smallest absolute Gasteiger partial charge is 0.337 e. The molecular weight excluding hydrogens is 392 g/mol. The van der Waals surface area contributed by atoms with Gasteiger partial charge in [-0.15, -0.1) is 0 Å². The summed E-state index contributed by atoms with van der Waals surface area (Å²) in [5.74, 6) is 0.256. The quantitative estimate of drug-likeness (QED) is 0.587. The predicted molar refractivity (Wildman–Crippen MR) is 115 cm³/mol. The van der Waals surface area contributed by atoms with E-state index >= 15 is 0 Å². The van der Waals surface area contributed by atoms with Gasteiger partial charge in [0.05, 0.1) is 22.9 Å². The number of fused-ring (bicyclic) bond motifs is 1. The van der Waals surface area contributed by atoms with Crippen molar-refractivity contribution < 1.29 is 14.3 Å². The Bertz CT molecular complexity index is 1110. The zero-order valence-corrected chi connectivity index (χ0v) is 17.9. The third-order valence-corrected chi connectivity index (χ3v) is 6.21. The standard InChI is InChI=1S/C21H22N2O3S2/c1-13-5-6-15(11-14(13)2)19(24)22-21-23(9-10-27-4)17-8-7-16(20(25)26-3)12-18(17)28-21/h5-8,11-12H,9-10H2,1-4H3. The number of benzene rings is 2. The molecule has 0 radical (unpaired) electrons. The summed E-state index contributed by atoms with van der Waals surface area (Å²) in [6.07, 6.45) is 2.04. The van der Waals surface area contributed by atoms with E-state index in [4.69, 9.17) is 4.74 Å². The highest BCUT2D eigenvalue weighted by molar-refractivity contribution is 7.98. The second-order valence-electron chi connectivity index (χ2n) is 6.42. The third kappa shape index (κ3) is 4.20. The van der Waals surface area contributed by atoms with Gasteiger partial charge in [-0.05, 0) is 61.6 Å². The van der Waals surface area contributed by atoms with Crippen molar-refractivity contribution in [2.45, 2.75) is 20.4 Å². The number of carbonyl (C=O) groups is 2. The van der Waals surface area contributed by atoms with Gasteiger partial charge < -0.3 is 9.30 Å². The topological polar surface area (TPSA) is 60.7 Å². The van der Waals surface area contributed by atoms with E-state index in [0.717, 1.165) is 33.6 Å². The van der Waals surface area contributed by atoms with Gasteiger partial charge in [-0.3, -0.25) is 4.79 Å². The van der Waals surface area contributed by atoms with Gasteiger partial charge >= 0.3 is 5.97 Å². The average molecular weight is 415 g/mol. The molecule has 0 unspecified atom stereocenters. The van der Waals surface area contributed by atoms with Crippen LogP contribution in [0.2, 0.25) is 0 Å². The molecule has 0 aliphatic carbocycles. The molecule has 0 spiro atoms. The normalized spacial score (nSPS) is 11.8.